The molecule has 0 bridgehead atoms. The van der Waals surface area contributed by atoms with Crippen molar-refractivity contribution in [1.29, 1.82) is 0 Å². The average molecular weight is 356 g/mol. The normalized spacial score (nSPS) is 28.7. The molecule has 0 radical (unpaired) electrons. The van der Waals surface area contributed by atoms with E-state index in [1.54, 1.807) is 4.90 Å². The van der Waals surface area contributed by atoms with Crippen molar-refractivity contribution in [3.05, 3.63) is 29.3 Å². The molecule has 1 aromatic rings. The quantitative estimate of drug-likeness (QED) is 0.704. The molecular formula is C19H24N4O3. The monoisotopic (exact) mass is 356 g/mol. The topological polar surface area (TPSA) is 105 Å². The van der Waals surface area contributed by atoms with E-state index < -0.39 is 6.04 Å². The van der Waals surface area contributed by atoms with Gasteiger partial charge in [-0.15, -0.1) is 0 Å². The number of anilines is 1. The molecule has 3 amide bonds. The number of nitrogens with two attached hydrogens (primary N) is 1. The number of hydrogen-bond acceptors (Lipinski definition) is 5. The van der Waals surface area contributed by atoms with Crippen molar-refractivity contribution >= 4 is 23.4 Å². The van der Waals surface area contributed by atoms with E-state index in [2.05, 4.69) is 10.6 Å². The van der Waals surface area contributed by atoms with Gasteiger partial charge in [-0.1, -0.05) is 12.8 Å². The molecule has 1 unspecified atom stereocenters. The molecule has 2 heterocycles. The Kier molecular flexibility index (Phi) is 4.40. The minimum Gasteiger partial charge on any atom is -0.381 e. The lowest BCUT2D eigenvalue weighted by molar-refractivity contribution is -0.136. The maximum atomic E-state index is 12.7. The first kappa shape index (κ1) is 17.0. The molecule has 4 rings (SSSR count). The summed E-state index contributed by atoms with van der Waals surface area (Å²) in [6.07, 6.45) is 5.09. The number of carbonyl (C=O) groups excluding carboxylic acids is 3. The highest BCUT2D eigenvalue weighted by Gasteiger charge is 2.39. The van der Waals surface area contributed by atoms with Crippen LogP contribution in [0.1, 0.15) is 54.4 Å². The van der Waals surface area contributed by atoms with Gasteiger partial charge in [0.15, 0.2) is 0 Å². The molecule has 0 aromatic heterocycles. The summed E-state index contributed by atoms with van der Waals surface area (Å²) in [6, 6.07) is 5.55. The molecule has 2 fully saturated rings. The van der Waals surface area contributed by atoms with Gasteiger partial charge in [-0.3, -0.25) is 19.7 Å². The zero-order valence-corrected chi connectivity index (χ0v) is 14.7. The fourth-order valence-corrected chi connectivity index (χ4v) is 4.22. The second-order valence-corrected chi connectivity index (χ2v) is 7.47. The van der Waals surface area contributed by atoms with Crippen molar-refractivity contribution in [3.63, 3.8) is 0 Å². The number of fused-ring (bicyclic) bond motifs is 1. The third kappa shape index (κ3) is 3.07. The molecule has 1 saturated carbocycles. The van der Waals surface area contributed by atoms with Crippen molar-refractivity contribution in [2.24, 2.45) is 5.73 Å². The van der Waals surface area contributed by atoms with Crippen molar-refractivity contribution in [2.75, 3.05) is 5.32 Å². The van der Waals surface area contributed by atoms with Gasteiger partial charge in [-0.2, -0.15) is 0 Å². The van der Waals surface area contributed by atoms with Gasteiger partial charge in [0.25, 0.3) is 5.91 Å². The molecule has 3 aliphatic rings. The van der Waals surface area contributed by atoms with E-state index in [4.69, 9.17) is 5.73 Å². The van der Waals surface area contributed by atoms with Crippen LogP contribution in [0, 0.1) is 0 Å². The largest absolute Gasteiger partial charge is 0.381 e. The van der Waals surface area contributed by atoms with Crippen LogP contribution in [0.3, 0.4) is 0 Å². The minimum absolute atomic E-state index is 0.143. The van der Waals surface area contributed by atoms with E-state index >= 15 is 0 Å². The Balaban J connectivity index is 1.49. The van der Waals surface area contributed by atoms with E-state index in [0.29, 0.717) is 18.5 Å². The number of amides is 3. The maximum absolute atomic E-state index is 12.7. The molecule has 7 heteroatoms. The molecule has 1 aromatic carbocycles. The Hall–Kier alpha value is -2.41. The molecule has 26 heavy (non-hydrogen) atoms. The van der Waals surface area contributed by atoms with Crippen LogP contribution in [-0.2, 0) is 16.1 Å². The molecular weight excluding hydrogens is 332 g/mol. The minimum atomic E-state index is -0.573. The van der Waals surface area contributed by atoms with E-state index in [9.17, 15) is 14.4 Å². The Morgan fingerprint density at radius 2 is 1.92 bits per heavy atom. The zero-order chi connectivity index (χ0) is 18.3. The number of hydrogen-bond donors (Lipinski definition) is 3. The SMILES string of the molecule is N[C@@H]1CCCC[C@@H]1Nc1ccc2c(c1)CN(C1CCC(=O)NC1=O)C2=O. The lowest BCUT2D eigenvalue weighted by Gasteiger charge is -2.30. The molecule has 1 saturated heterocycles. The van der Waals surface area contributed by atoms with Crippen LogP contribution in [0.4, 0.5) is 5.69 Å². The summed E-state index contributed by atoms with van der Waals surface area (Å²) >= 11 is 0. The number of imide groups is 1. The smallest absolute Gasteiger partial charge is 0.255 e. The molecule has 3 atom stereocenters. The van der Waals surface area contributed by atoms with Crippen LogP contribution in [0.15, 0.2) is 18.2 Å². The number of benzene rings is 1. The Labute approximate surface area is 152 Å². The lowest BCUT2D eigenvalue weighted by atomic mass is 9.91. The zero-order valence-electron chi connectivity index (χ0n) is 14.7. The fraction of sp³-hybridized carbons (Fsp3) is 0.526. The second kappa shape index (κ2) is 6.72. The lowest BCUT2D eigenvalue weighted by Crippen LogP contribution is -2.52. The van der Waals surface area contributed by atoms with E-state index in [-0.39, 0.29) is 36.2 Å². The van der Waals surface area contributed by atoms with Crippen molar-refractivity contribution in [2.45, 2.75) is 63.2 Å². The third-order valence-corrected chi connectivity index (χ3v) is 5.70. The predicted octanol–water partition coefficient (Wildman–Crippen LogP) is 1.13. The summed E-state index contributed by atoms with van der Waals surface area (Å²) in [5, 5.41) is 5.83. The molecule has 1 aliphatic carbocycles. The highest BCUT2D eigenvalue weighted by Crippen LogP contribution is 2.30. The van der Waals surface area contributed by atoms with Gasteiger partial charge in [-0.05, 0) is 43.0 Å². The Morgan fingerprint density at radius 3 is 2.69 bits per heavy atom. The van der Waals surface area contributed by atoms with Crippen LogP contribution in [0.25, 0.3) is 0 Å². The van der Waals surface area contributed by atoms with Crippen LogP contribution < -0.4 is 16.4 Å². The standard InChI is InChI=1S/C19H24N4O3/c20-14-3-1-2-4-15(14)21-12-5-6-13-11(9-12)10-23(19(13)26)16-7-8-17(24)22-18(16)25/h5-6,9,14-16,21H,1-4,7-8,10,20H2,(H,22,24,25)/t14-,15+,16?/m1/s1. The van der Waals surface area contributed by atoms with Gasteiger partial charge in [0.1, 0.15) is 6.04 Å². The van der Waals surface area contributed by atoms with Crippen LogP contribution in [0.5, 0.6) is 0 Å². The van der Waals surface area contributed by atoms with Crippen molar-refractivity contribution < 1.29 is 14.4 Å². The number of nitrogens with one attached hydrogen (secondary N) is 2. The van der Waals surface area contributed by atoms with Gasteiger partial charge in [0.05, 0.1) is 0 Å². The third-order valence-electron chi connectivity index (χ3n) is 5.70. The first-order valence-electron chi connectivity index (χ1n) is 9.32. The number of piperidine rings is 1. The van der Waals surface area contributed by atoms with Crippen molar-refractivity contribution in [3.8, 4) is 0 Å². The summed E-state index contributed by atoms with van der Waals surface area (Å²) in [7, 11) is 0. The predicted molar refractivity (Wildman–Crippen MR) is 96.3 cm³/mol. The molecule has 2 aliphatic heterocycles. The van der Waals surface area contributed by atoms with Crippen LogP contribution in [-0.4, -0.2) is 40.7 Å². The fourth-order valence-electron chi connectivity index (χ4n) is 4.22. The maximum Gasteiger partial charge on any atom is 0.255 e. The summed E-state index contributed by atoms with van der Waals surface area (Å²) in [4.78, 5) is 37.7. The highest BCUT2D eigenvalue weighted by molar-refractivity contribution is 6.05. The van der Waals surface area contributed by atoms with Crippen molar-refractivity contribution in [1.82, 2.24) is 10.2 Å². The van der Waals surface area contributed by atoms with Crippen LogP contribution in [0.2, 0.25) is 0 Å². The first-order chi connectivity index (χ1) is 12.5. The van der Waals surface area contributed by atoms with Gasteiger partial charge < -0.3 is 16.0 Å². The van der Waals surface area contributed by atoms with Crippen LogP contribution >= 0.6 is 0 Å². The Bertz CT molecular complexity index is 763. The number of rotatable bonds is 3. The van der Waals surface area contributed by atoms with Gasteiger partial charge >= 0.3 is 0 Å². The van der Waals surface area contributed by atoms with E-state index in [1.165, 1.54) is 12.8 Å². The molecule has 4 N–H and O–H groups in total. The first-order valence-corrected chi connectivity index (χ1v) is 9.32. The van der Waals surface area contributed by atoms with Gasteiger partial charge in [0, 0.05) is 36.3 Å². The average Bonchev–Trinajstić information content (AvgIpc) is 2.93. The Morgan fingerprint density at radius 1 is 1.12 bits per heavy atom. The molecule has 0 spiro atoms. The second-order valence-electron chi connectivity index (χ2n) is 7.47. The van der Waals surface area contributed by atoms with Gasteiger partial charge in [0.2, 0.25) is 11.8 Å². The summed E-state index contributed by atoms with van der Waals surface area (Å²) < 4.78 is 0. The van der Waals surface area contributed by atoms with E-state index in [0.717, 1.165) is 24.1 Å². The summed E-state index contributed by atoms with van der Waals surface area (Å²) in [5.74, 6) is -0.796. The number of carbonyl (C=O) groups is 3. The van der Waals surface area contributed by atoms with E-state index in [1.807, 2.05) is 18.2 Å². The molecule has 7 nitrogen and oxygen atoms in total. The summed E-state index contributed by atoms with van der Waals surface area (Å²) in [6.45, 7) is 0.396. The summed E-state index contributed by atoms with van der Waals surface area (Å²) in [5.41, 5.74) is 8.72. The van der Waals surface area contributed by atoms with Gasteiger partial charge in [-0.25, -0.2) is 0 Å². The highest BCUT2D eigenvalue weighted by atomic mass is 16.2. The number of nitrogens with zero attached hydrogens (tertiary/aromatic N) is 1. The molecule has 138 valence electrons.